The van der Waals surface area contributed by atoms with Gasteiger partial charge < -0.3 is 0 Å². The van der Waals surface area contributed by atoms with Crippen LogP contribution in [0, 0.1) is 20.8 Å². The second-order valence-electron chi connectivity index (χ2n) is 6.37. The minimum atomic E-state index is 0.994. The first-order valence-corrected chi connectivity index (χ1v) is 8.26. The van der Waals surface area contributed by atoms with E-state index in [1.807, 2.05) is 6.07 Å². The quantitative estimate of drug-likeness (QED) is 0.470. The number of benzene rings is 3. The molecule has 2 nitrogen and oxygen atoms in total. The lowest BCUT2D eigenvalue weighted by Crippen LogP contribution is -2.02. The lowest BCUT2D eigenvalue weighted by atomic mass is 10.1. The standard InChI is InChI=1S/C22H20N2/c1-15-12-13-20-19(14-15)23-22(18-10-5-4-6-11-18)24(20)21-16(2)8-7-9-17(21)3/h4-14H,1-3H3. The number of nitrogens with zero attached hydrogens (tertiary/aromatic N) is 2. The fraction of sp³-hybridized carbons (Fsp3) is 0.136. The van der Waals surface area contributed by atoms with E-state index in [0.717, 1.165) is 22.4 Å². The van der Waals surface area contributed by atoms with E-state index in [4.69, 9.17) is 4.98 Å². The Bertz CT molecular complexity index is 1010. The van der Waals surface area contributed by atoms with Crippen LogP contribution >= 0.6 is 0 Å². The number of fused-ring (bicyclic) bond motifs is 1. The number of imidazole rings is 1. The largest absolute Gasteiger partial charge is 0.292 e. The maximum atomic E-state index is 4.97. The van der Waals surface area contributed by atoms with Crippen molar-refractivity contribution in [3.63, 3.8) is 0 Å². The summed E-state index contributed by atoms with van der Waals surface area (Å²) in [5.74, 6) is 0.994. The number of aromatic nitrogens is 2. The van der Waals surface area contributed by atoms with E-state index in [0.29, 0.717) is 0 Å². The van der Waals surface area contributed by atoms with Gasteiger partial charge in [0, 0.05) is 5.56 Å². The van der Waals surface area contributed by atoms with Gasteiger partial charge in [0.15, 0.2) is 0 Å². The third-order valence-electron chi connectivity index (χ3n) is 4.51. The van der Waals surface area contributed by atoms with E-state index in [1.165, 1.54) is 22.4 Å². The fourth-order valence-corrected chi connectivity index (χ4v) is 3.36. The molecule has 4 aromatic rings. The second-order valence-corrected chi connectivity index (χ2v) is 6.37. The van der Waals surface area contributed by atoms with E-state index in [9.17, 15) is 0 Å². The lowest BCUT2D eigenvalue weighted by Gasteiger charge is -2.15. The summed E-state index contributed by atoms with van der Waals surface area (Å²) >= 11 is 0. The van der Waals surface area contributed by atoms with Gasteiger partial charge in [-0.1, -0.05) is 54.6 Å². The molecule has 118 valence electrons. The molecular weight excluding hydrogens is 292 g/mol. The molecule has 0 spiro atoms. The SMILES string of the molecule is Cc1ccc2c(c1)nc(-c1ccccc1)n2-c1c(C)cccc1C. The normalized spacial score (nSPS) is 11.1. The minimum Gasteiger partial charge on any atom is -0.292 e. The van der Waals surface area contributed by atoms with Crippen molar-refractivity contribution in [1.82, 2.24) is 9.55 Å². The van der Waals surface area contributed by atoms with E-state index >= 15 is 0 Å². The molecule has 0 fully saturated rings. The molecule has 2 heteroatoms. The molecule has 0 amide bonds. The first kappa shape index (κ1) is 14.7. The number of para-hydroxylation sites is 1. The molecule has 0 N–H and O–H groups in total. The second kappa shape index (κ2) is 5.64. The van der Waals surface area contributed by atoms with Crippen LogP contribution in [0.3, 0.4) is 0 Å². The highest BCUT2D eigenvalue weighted by Gasteiger charge is 2.16. The molecule has 0 aliphatic carbocycles. The van der Waals surface area contributed by atoms with Crippen molar-refractivity contribution in [2.45, 2.75) is 20.8 Å². The Morgan fingerprint density at radius 2 is 1.46 bits per heavy atom. The summed E-state index contributed by atoms with van der Waals surface area (Å²) in [5, 5.41) is 0. The van der Waals surface area contributed by atoms with Gasteiger partial charge in [0.2, 0.25) is 0 Å². The summed E-state index contributed by atoms with van der Waals surface area (Å²) in [7, 11) is 0. The first-order chi connectivity index (χ1) is 11.6. The van der Waals surface area contributed by atoms with Crippen LogP contribution in [0.15, 0.2) is 66.7 Å². The van der Waals surface area contributed by atoms with Crippen molar-refractivity contribution in [2.75, 3.05) is 0 Å². The number of hydrogen-bond donors (Lipinski definition) is 0. The predicted molar refractivity (Wildman–Crippen MR) is 101 cm³/mol. The number of hydrogen-bond acceptors (Lipinski definition) is 1. The van der Waals surface area contributed by atoms with Crippen LogP contribution < -0.4 is 0 Å². The molecule has 24 heavy (non-hydrogen) atoms. The van der Waals surface area contributed by atoms with Crippen molar-refractivity contribution in [2.24, 2.45) is 0 Å². The Balaban J connectivity index is 2.13. The van der Waals surface area contributed by atoms with Crippen LogP contribution in [0.4, 0.5) is 0 Å². The topological polar surface area (TPSA) is 17.8 Å². The van der Waals surface area contributed by atoms with Gasteiger partial charge in [0.05, 0.1) is 16.7 Å². The van der Waals surface area contributed by atoms with Crippen LogP contribution in [-0.4, -0.2) is 9.55 Å². The summed E-state index contributed by atoms with van der Waals surface area (Å²) in [6.07, 6.45) is 0. The zero-order valence-electron chi connectivity index (χ0n) is 14.2. The smallest absolute Gasteiger partial charge is 0.145 e. The number of rotatable bonds is 2. The summed E-state index contributed by atoms with van der Waals surface area (Å²) in [5.41, 5.74) is 8.29. The van der Waals surface area contributed by atoms with Gasteiger partial charge in [-0.25, -0.2) is 4.98 Å². The van der Waals surface area contributed by atoms with Gasteiger partial charge >= 0.3 is 0 Å². The van der Waals surface area contributed by atoms with Crippen LogP contribution in [0.5, 0.6) is 0 Å². The zero-order chi connectivity index (χ0) is 16.7. The van der Waals surface area contributed by atoms with Gasteiger partial charge in [0.25, 0.3) is 0 Å². The molecule has 0 atom stereocenters. The molecular formula is C22H20N2. The average Bonchev–Trinajstić information content (AvgIpc) is 2.94. The van der Waals surface area contributed by atoms with Crippen molar-refractivity contribution >= 4 is 11.0 Å². The van der Waals surface area contributed by atoms with E-state index in [1.54, 1.807) is 0 Å². The molecule has 1 aromatic heterocycles. The minimum absolute atomic E-state index is 0.994. The van der Waals surface area contributed by atoms with Crippen molar-refractivity contribution in [3.05, 3.63) is 83.4 Å². The summed E-state index contributed by atoms with van der Waals surface area (Å²) in [6.45, 7) is 6.44. The van der Waals surface area contributed by atoms with Gasteiger partial charge in [0.1, 0.15) is 5.82 Å². The molecule has 0 aliphatic rings. The lowest BCUT2D eigenvalue weighted by molar-refractivity contribution is 1.06. The van der Waals surface area contributed by atoms with Crippen molar-refractivity contribution in [1.29, 1.82) is 0 Å². The Morgan fingerprint density at radius 1 is 0.750 bits per heavy atom. The third kappa shape index (κ3) is 2.31. The third-order valence-corrected chi connectivity index (χ3v) is 4.51. The van der Waals surface area contributed by atoms with Gasteiger partial charge in [-0.05, 0) is 49.6 Å². The van der Waals surface area contributed by atoms with Crippen LogP contribution in [0.1, 0.15) is 16.7 Å². The van der Waals surface area contributed by atoms with E-state index in [-0.39, 0.29) is 0 Å². The Labute approximate surface area is 142 Å². The molecule has 1 heterocycles. The van der Waals surface area contributed by atoms with Crippen LogP contribution in [0.2, 0.25) is 0 Å². The molecule has 0 saturated carbocycles. The Hall–Kier alpha value is -2.87. The molecule has 0 radical (unpaired) electrons. The Morgan fingerprint density at radius 3 is 2.17 bits per heavy atom. The van der Waals surface area contributed by atoms with Gasteiger partial charge in [-0.15, -0.1) is 0 Å². The van der Waals surface area contributed by atoms with Gasteiger partial charge in [-0.3, -0.25) is 4.57 Å². The highest BCUT2D eigenvalue weighted by molar-refractivity contribution is 5.84. The average molecular weight is 312 g/mol. The van der Waals surface area contributed by atoms with E-state index in [2.05, 4.69) is 86.0 Å². The summed E-state index contributed by atoms with van der Waals surface area (Å²) in [6, 6.07) is 23.3. The molecule has 3 aromatic carbocycles. The monoisotopic (exact) mass is 312 g/mol. The predicted octanol–water partition coefficient (Wildman–Crippen LogP) is 5.62. The molecule has 0 bridgehead atoms. The summed E-state index contributed by atoms with van der Waals surface area (Å²) < 4.78 is 2.30. The zero-order valence-corrected chi connectivity index (χ0v) is 14.2. The molecule has 0 unspecified atom stereocenters. The maximum Gasteiger partial charge on any atom is 0.145 e. The first-order valence-electron chi connectivity index (χ1n) is 8.26. The maximum absolute atomic E-state index is 4.97. The molecule has 0 saturated heterocycles. The summed E-state index contributed by atoms with van der Waals surface area (Å²) in [4.78, 5) is 4.97. The Kier molecular flexibility index (Phi) is 3.46. The molecule has 4 rings (SSSR count). The van der Waals surface area contributed by atoms with Crippen molar-refractivity contribution in [3.8, 4) is 17.1 Å². The van der Waals surface area contributed by atoms with Crippen LogP contribution in [0.25, 0.3) is 28.1 Å². The highest BCUT2D eigenvalue weighted by Crippen LogP contribution is 2.31. The van der Waals surface area contributed by atoms with Crippen molar-refractivity contribution < 1.29 is 0 Å². The van der Waals surface area contributed by atoms with E-state index < -0.39 is 0 Å². The molecule has 0 aliphatic heterocycles. The highest BCUT2D eigenvalue weighted by atomic mass is 15.1. The van der Waals surface area contributed by atoms with Crippen LogP contribution in [-0.2, 0) is 0 Å². The number of aryl methyl sites for hydroxylation is 3. The fourth-order valence-electron chi connectivity index (χ4n) is 3.36. The van der Waals surface area contributed by atoms with Gasteiger partial charge in [-0.2, -0.15) is 0 Å².